The summed E-state index contributed by atoms with van der Waals surface area (Å²) in [6.07, 6.45) is 3.42. The van der Waals surface area contributed by atoms with Crippen LogP contribution in [0.1, 0.15) is 43.6 Å². The number of aromatic amines is 1. The van der Waals surface area contributed by atoms with E-state index < -0.39 is 35.8 Å². The van der Waals surface area contributed by atoms with Gasteiger partial charge >= 0.3 is 12.1 Å². The quantitative estimate of drug-likeness (QED) is 0.308. The zero-order valence-electron chi connectivity index (χ0n) is 25.3. The Bertz CT molecular complexity index is 1930. The molecule has 1 amide bonds. The second kappa shape index (κ2) is 10.8. The number of H-pyrrole nitrogens is 1. The average molecular weight is 669 g/mol. The normalized spacial score (nSPS) is 30.3. The number of anilines is 1. The monoisotopic (exact) mass is 668 g/mol. The minimum atomic E-state index is -1.44. The Labute approximate surface area is 272 Å². The van der Waals surface area contributed by atoms with E-state index in [1.54, 1.807) is 17.2 Å². The first-order valence-corrected chi connectivity index (χ1v) is 16.5. The maximum Gasteiger partial charge on any atom is 0.407 e. The van der Waals surface area contributed by atoms with Crippen molar-refractivity contribution in [1.82, 2.24) is 35.4 Å². The van der Waals surface area contributed by atoms with Gasteiger partial charge in [0.05, 0.1) is 41.8 Å². The topological polar surface area (TPSA) is 121 Å². The molecule has 8 heterocycles. The van der Waals surface area contributed by atoms with E-state index in [0.717, 1.165) is 31.4 Å². The van der Waals surface area contributed by atoms with Crippen molar-refractivity contribution < 1.29 is 27.4 Å². The number of hydrogen-bond donors (Lipinski definition) is 2. The highest BCUT2D eigenvalue weighted by atomic mass is 35.5. The summed E-state index contributed by atoms with van der Waals surface area (Å²) in [7, 11) is 0. The molecule has 1 aromatic carbocycles. The number of aromatic nitrogens is 5. The summed E-state index contributed by atoms with van der Waals surface area (Å²) < 4.78 is 58.6. The third-order valence-electron chi connectivity index (χ3n) is 10.7. The van der Waals surface area contributed by atoms with E-state index >= 15 is 8.78 Å². The van der Waals surface area contributed by atoms with E-state index in [4.69, 9.17) is 21.1 Å². The number of nitrogens with one attached hydrogen (secondary N) is 2. The molecule has 4 aromatic rings. The summed E-state index contributed by atoms with van der Waals surface area (Å²) in [5.74, 6) is -0.350. The molecule has 2 N–H and O–H groups in total. The zero-order valence-corrected chi connectivity index (χ0v) is 26.1. The lowest BCUT2D eigenvalue weighted by atomic mass is 9.94. The lowest BCUT2D eigenvalue weighted by Gasteiger charge is -2.31. The van der Waals surface area contributed by atoms with Gasteiger partial charge in [0, 0.05) is 41.7 Å². The number of pyridine rings is 1. The highest BCUT2D eigenvalue weighted by molar-refractivity contribution is 6.33. The predicted molar refractivity (Wildman–Crippen MR) is 167 cm³/mol. The molecule has 0 spiro atoms. The molecule has 3 saturated heterocycles. The molecule has 246 valence electrons. The van der Waals surface area contributed by atoms with Crippen molar-refractivity contribution in [3.63, 3.8) is 0 Å². The van der Waals surface area contributed by atoms with Crippen LogP contribution in [-0.4, -0.2) is 99.5 Å². The molecule has 0 unspecified atom stereocenters. The average Bonchev–Trinajstić information content (AvgIpc) is 3.35. The lowest BCUT2D eigenvalue weighted by Crippen LogP contribution is -2.43. The second-order valence-electron chi connectivity index (χ2n) is 13.6. The van der Waals surface area contributed by atoms with Gasteiger partial charge in [-0.15, -0.1) is 0 Å². The molecule has 5 aliphatic heterocycles. The smallest absolute Gasteiger partial charge is 0.407 e. The van der Waals surface area contributed by atoms with Gasteiger partial charge in [0.25, 0.3) is 0 Å². The van der Waals surface area contributed by atoms with E-state index in [9.17, 15) is 9.18 Å². The number of fused-ring (bicyclic) bond motifs is 7. The molecule has 15 heteroatoms. The van der Waals surface area contributed by atoms with Crippen LogP contribution in [0.25, 0.3) is 33.1 Å². The van der Waals surface area contributed by atoms with Gasteiger partial charge in [0.15, 0.2) is 5.82 Å². The van der Waals surface area contributed by atoms with Gasteiger partial charge in [-0.25, -0.2) is 18.0 Å². The summed E-state index contributed by atoms with van der Waals surface area (Å²) >= 11 is 6.88. The van der Waals surface area contributed by atoms with Crippen molar-refractivity contribution in [2.24, 2.45) is 5.92 Å². The first-order chi connectivity index (χ1) is 22.8. The Morgan fingerprint density at radius 3 is 2.96 bits per heavy atom. The number of ether oxygens (including phenoxy) is 2. The van der Waals surface area contributed by atoms with Crippen molar-refractivity contribution >= 4 is 45.3 Å². The van der Waals surface area contributed by atoms with E-state index in [1.165, 1.54) is 6.20 Å². The lowest BCUT2D eigenvalue weighted by molar-refractivity contribution is 0.107. The third kappa shape index (κ3) is 4.77. The maximum absolute atomic E-state index is 17.1. The Balaban J connectivity index is 1.21. The summed E-state index contributed by atoms with van der Waals surface area (Å²) in [4.78, 5) is 30.3. The van der Waals surface area contributed by atoms with Crippen LogP contribution < -0.4 is 15.0 Å². The van der Waals surface area contributed by atoms with Crippen LogP contribution in [0.3, 0.4) is 0 Å². The molecule has 6 bridgehead atoms. The van der Waals surface area contributed by atoms with E-state index in [2.05, 4.69) is 35.4 Å². The minimum Gasteiger partial charge on any atom is -0.461 e. The summed E-state index contributed by atoms with van der Waals surface area (Å²) in [6.45, 7) is 1.37. The number of rotatable bonds is 3. The van der Waals surface area contributed by atoms with Gasteiger partial charge in [0.1, 0.15) is 36.0 Å². The van der Waals surface area contributed by atoms with Crippen molar-refractivity contribution in [3.05, 3.63) is 34.9 Å². The largest absolute Gasteiger partial charge is 0.461 e. The molecule has 1 aliphatic carbocycles. The molecule has 0 radical (unpaired) electrons. The SMILES string of the molecule is O=C1N[C@H]2CN(C[C@@H]2F)c2nc(OC[C@@]34CCCN3C[C@H](F)C4)nc3c(F)c(ncc23)-c2c(c(Cl)cc3[nH]ncc23)[C@H]2C[C@H]2CCO1. The Morgan fingerprint density at radius 1 is 1.17 bits per heavy atom. The first kappa shape index (κ1) is 29.2. The van der Waals surface area contributed by atoms with Crippen molar-refractivity contribution in [3.8, 4) is 17.3 Å². The van der Waals surface area contributed by atoms with Crippen LogP contribution in [0.4, 0.5) is 23.8 Å². The van der Waals surface area contributed by atoms with Crippen molar-refractivity contribution in [2.75, 3.05) is 44.3 Å². The van der Waals surface area contributed by atoms with Crippen LogP contribution in [0, 0.1) is 11.7 Å². The van der Waals surface area contributed by atoms with Gasteiger partial charge < -0.3 is 19.7 Å². The number of amides is 1. The fourth-order valence-electron chi connectivity index (χ4n) is 8.33. The number of benzene rings is 1. The second-order valence-corrected chi connectivity index (χ2v) is 14.0. The summed E-state index contributed by atoms with van der Waals surface area (Å²) in [5.41, 5.74) is 1.43. The Morgan fingerprint density at radius 2 is 2.06 bits per heavy atom. The van der Waals surface area contributed by atoms with Crippen LogP contribution in [0.15, 0.2) is 18.5 Å². The number of hydrogen-bond acceptors (Lipinski definition) is 9. The van der Waals surface area contributed by atoms with Gasteiger partial charge in [-0.05, 0) is 55.7 Å². The molecule has 6 aliphatic rings. The molecular weight excluding hydrogens is 637 g/mol. The van der Waals surface area contributed by atoms with Gasteiger partial charge in [0.2, 0.25) is 0 Å². The molecule has 4 fully saturated rings. The fourth-order valence-corrected chi connectivity index (χ4v) is 8.67. The van der Waals surface area contributed by atoms with Gasteiger partial charge in [-0.2, -0.15) is 15.1 Å². The van der Waals surface area contributed by atoms with E-state index in [-0.39, 0.29) is 66.6 Å². The Hall–Kier alpha value is -3.91. The third-order valence-corrected chi connectivity index (χ3v) is 11.0. The van der Waals surface area contributed by atoms with Crippen molar-refractivity contribution in [1.29, 1.82) is 0 Å². The number of nitrogens with zero attached hydrogens (tertiary/aromatic N) is 6. The van der Waals surface area contributed by atoms with Crippen LogP contribution in [-0.2, 0) is 4.74 Å². The number of carbonyl (C=O) groups excluding carboxylic acids is 1. The van der Waals surface area contributed by atoms with Gasteiger partial charge in [-0.3, -0.25) is 15.0 Å². The zero-order chi connectivity index (χ0) is 32.0. The summed E-state index contributed by atoms with van der Waals surface area (Å²) in [6, 6.07) is 0.809. The molecule has 6 atom stereocenters. The van der Waals surface area contributed by atoms with Gasteiger partial charge in [-0.1, -0.05) is 11.6 Å². The van der Waals surface area contributed by atoms with Crippen molar-refractivity contribution in [2.45, 2.75) is 61.9 Å². The maximum atomic E-state index is 17.1. The first-order valence-electron chi connectivity index (χ1n) is 16.1. The molecule has 1 saturated carbocycles. The minimum absolute atomic E-state index is 0.0207. The van der Waals surface area contributed by atoms with E-state index in [0.29, 0.717) is 40.9 Å². The van der Waals surface area contributed by atoms with E-state index in [1.807, 2.05) is 0 Å². The number of halogens is 4. The fraction of sp³-hybridized carbons (Fsp3) is 0.531. The standard InChI is InChI=1S/C32H32ClF3N8O3/c33-20-7-22-18(10-38-42-22)25-24(20)17-6-15(17)2-5-46-31(45)39-23-13-43(12-21(23)35)29-19-9-37-28(25)26(36)27(19)40-30(41-29)47-14-32-3-1-4-44(32)11-16(34)8-32/h7,9-10,15-17,21,23H,1-6,8,11-14H2,(H,38,42)(H,39,45)/t15-,16-,17+,21+,23+,32+/m1/s1. The molecule has 11 nitrogen and oxygen atoms in total. The number of alkyl halides is 2. The van der Waals surface area contributed by atoms with Crippen LogP contribution in [0.5, 0.6) is 6.01 Å². The molecular formula is C32H32ClF3N8O3. The Kier molecular flexibility index (Phi) is 6.72. The van der Waals surface area contributed by atoms with Crippen LogP contribution >= 0.6 is 11.6 Å². The van der Waals surface area contributed by atoms with Crippen LogP contribution in [0.2, 0.25) is 5.02 Å². The molecule has 10 rings (SSSR count). The predicted octanol–water partition coefficient (Wildman–Crippen LogP) is 5.08. The molecule has 47 heavy (non-hydrogen) atoms. The highest BCUT2D eigenvalue weighted by Gasteiger charge is 2.49. The number of alkyl carbamates (subject to hydrolysis) is 1. The highest BCUT2D eigenvalue weighted by Crippen LogP contribution is 2.56. The number of carbonyl (C=O) groups is 1. The summed E-state index contributed by atoms with van der Waals surface area (Å²) in [5, 5.41) is 11.2. The molecule has 3 aromatic heterocycles.